The first-order valence-corrected chi connectivity index (χ1v) is 10.1. The van der Waals surface area contributed by atoms with Gasteiger partial charge in [-0.25, -0.2) is 0 Å². The summed E-state index contributed by atoms with van der Waals surface area (Å²) in [5, 5.41) is 3.67. The number of hydrogen-bond acceptors (Lipinski definition) is 4. The highest BCUT2D eigenvalue weighted by Gasteiger charge is 2.18. The molecule has 0 saturated carbocycles. The SMILES string of the molecule is Cc1ccccc1CNC(=O)CN1CCN(CCOc2ccccc2Cl)CC1. The Morgan fingerprint density at radius 2 is 1.71 bits per heavy atom. The maximum Gasteiger partial charge on any atom is 0.234 e. The summed E-state index contributed by atoms with van der Waals surface area (Å²) in [6, 6.07) is 15.7. The zero-order valence-corrected chi connectivity index (χ0v) is 17.1. The summed E-state index contributed by atoms with van der Waals surface area (Å²) in [5.74, 6) is 0.812. The number of benzene rings is 2. The lowest BCUT2D eigenvalue weighted by Gasteiger charge is -2.34. The van der Waals surface area contributed by atoms with Gasteiger partial charge in [0.05, 0.1) is 11.6 Å². The molecule has 1 fully saturated rings. The normalized spacial score (nSPS) is 15.4. The highest BCUT2D eigenvalue weighted by atomic mass is 35.5. The fourth-order valence-corrected chi connectivity index (χ4v) is 3.47. The Morgan fingerprint density at radius 3 is 2.46 bits per heavy atom. The van der Waals surface area contributed by atoms with Crippen LogP contribution in [0, 0.1) is 6.92 Å². The number of rotatable bonds is 8. The Bertz CT molecular complexity index is 776. The summed E-state index contributed by atoms with van der Waals surface area (Å²) < 4.78 is 5.76. The molecule has 1 saturated heterocycles. The van der Waals surface area contributed by atoms with Gasteiger partial charge in [-0.1, -0.05) is 48.0 Å². The largest absolute Gasteiger partial charge is 0.491 e. The lowest BCUT2D eigenvalue weighted by atomic mass is 10.1. The summed E-state index contributed by atoms with van der Waals surface area (Å²) in [6.07, 6.45) is 0. The van der Waals surface area contributed by atoms with E-state index >= 15 is 0 Å². The van der Waals surface area contributed by atoms with Gasteiger partial charge >= 0.3 is 0 Å². The molecule has 1 aliphatic heterocycles. The number of para-hydroxylation sites is 1. The molecular weight excluding hydrogens is 374 g/mol. The number of carbonyl (C=O) groups excluding carboxylic acids is 1. The third-order valence-corrected chi connectivity index (χ3v) is 5.38. The molecule has 5 nitrogen and oxygen atoms in total. The third kappa shape index (κ3) is 6.23. The van der Waals surface area contributed by atoms with Crippen LogP contribution in [0.2, 0.25) is 5.02 Å². The molecule has 6 heteroatoms. The fourth-order valence-electron chi connectivity index (χ4n) is 3.28. The lowest BCUT2D eigenvalue weighted by Crippen LogP contribution is -2.50. The molecule has 28 heavy (non-hydrogen) atoms. The molecule has 0 unspecified atom stereocenters. The number of carbonyl (C=O) groups is 1. The van der Waals surface area contributed by atoms with Crippen LogP contribution >= 0.6 is 11.6 Å². The number of halogens is 1. The summed E-state index contributed by atoms with van der Waals surface area (Å²) in [4.78, 5) is 16.8. The highest BCUT2D eigenvalue weighted by Crippen LogP contribution is 2.22. The maximum atomic E-state index is 12.2. The van der Waals surface area contributed by atoms with Gasteiger partial charge < -0.3 is 10.1 Å². The summed E-state index contributed by atoms with van der Waals surface area (Å²) in [6.45, 7) is 8.25. The van der Waals surface area contributed by atoms with Crippen molar-refractivity contribution in [3.05, 3.63) is 64.7 Å². The molecule has 2 aromatic rings. The number of nitrogens with zero attached hydrogens (tertiary/aromatic N) is 2. The van der Waals surface area contributed by atoms with Gasteiger partial charge in [-0.15, -0.1) is 0 Å². The predicted octanol–water partition coefficient (Wildman–Crippen LogP) is 2.96. The minimum atomic E-state index is 0.0822. The minimum absolute atomic E-state index is 0.0822. The van der Waals surface area contributed by atoms with Crippen LogP contribution in [0.3, 0.4) is 0 Å². The molecule has 1 N–H and O–H groups in total. The predicted molar refractivity (Wildman–Crippen MR) is 113 cm³/mol. The zero-order valence-electron chi connectivity index (χ0n) is 16.4. The van der Waals surface area contributed by atoms with Crippen molar-refractivity contribution in [2.75, 3.05) is 45.9 Å². The average molecular weight is 402 g/mol. The van der Waals surface area contributed by atoms with Crippen molar-refractivity contribution in [3.63, 3.8) is 0 Å². The van der Waals surface area contributed by atoms with Crippen LogP contribution in [-0.4, -0.2) is 61.6 Å². The van der Waals surface area contributed by atoms with Crippen LogP contribution in [-0.2, 0) is 11.3 Å². The molecule has 0 bridgehead atoms. The van der Waals surface area contributed by atoms with Crippen molar-refractivity contribution in [3.8, 4) is 5.75 Å². The monoisotopic (exact) mass is 401 g/mol. The zero-order chi connectivity index (χ0) is 19.8. The smallest absolute Gasteiger partial charge is 0.234 e. The number of piperazine rings is 1. The van der Waals surface area contributed by atoms with Crippen molar-refractivity contribution >= 4 is 17.5 Å². The first-order valence-electron chi connectivity index (χ1n) is 9.75. The van der Waals surface area contributed by atoms with Crippen LogP contribution in [0.1, 0.15) is 11.1 Å². The number of aryl methyl sites for hydroxylation is 1. The highest BCUT2D eigenvalue weighted by molar-refractivity contribution is 6.32. The molecule has 2 aromatic carbocycles. The summed E-state index contributed by atoms with van der Waals surface area (Å²) >= 11 is 6.10. The Labute approximate surface area is 172 Å². The van der Waals surface area contributed by atoms with E-state index in [4.69, 9.17) is 16.3 Å². The van der Waals surface area contributed by atoms with E-state index in [1.165, 1.54) is 11.1 Å². The fraction of sp³-hybridized carbons (Fsp3) is 0.409. The van der Waals surface area contributed by atoms with Crippen LogP contribution in [0.15, 0.2) is 48.5 Å². The van der Waals surface area contributed by atoms with Crippen molar-refractivity contribution in [1.82, 2.24) is 15.1 Å². The van der Waals surface area contributed by atoms with E-state index in [1.807, 2.05) is 36.4 Å². The lowest BCUT2D eigenvalue weighted by molar-refractivity contribution is -0.122. The topological polar surface area (TPSA) is 44.8 Å². The Balaban J connectivity index is 1.32. The van der Waals surface area contributed by atoms with Crippen LogP contribution in [0.5, 0.6) is 5.75 Å². The molecule has 1 amide bonds. The standard InChI is InChI=1S/C22H28ClN3O2/c1-18-6-2-3-7-19(18)16-24-22(27)17-26-12-10-25(11-13-26)14-15-28-21-9-5-4-8-20(21)23/h2-9H,10-17H2,1H3,(H,24,27). The third-order valence-electron chi connectivity index (χ3n) is 5.07. The van der Waals surface area contributed by atoms with Crippen molar-refractivity contribution in [2.45, 2.75) is 13.5 Å². The van der Waals surface area contributed by atoms with Crippen molar-refractivity contribution in [1.29, 1.82) is 0 Å². The molecule has 0 atom stereocenters. The van der Waals surface area contributed by atoms with Gasteiger partial charge in [-0.3, -0.25) is 14.6 Å². The quantitative estimate of drug-likeness (QED) is 0.738. The molecule has 1 heterocycles. The summed E-state index contributed by atoms with van der Waals surface area (Å²) in [7, 11) is 0. The molecule has 0 aliphatic carbocycles. The molecule has 1 aliphatic rings. The number of nitrogens with one attached hydrogen (secondary N) is 1. The van der Waals surface area contributed by atoms with Gasteiger partial charge in [0.1, 0.15) is 12.4 Å². The van der Waals surface area contributed by atoms with E-state index in [9.17, 15) is 4.79 Å². The molecule has 3 rings (SSSR count). The van der Waals surface area contributed by atoms with Crippen LogP contribution < -0.4 is 10.1 Å². The van der Waals surface area contributed by atoms with Crippen molar-refractivity contribution in [2.24, 2.45) is 0 Å². The van der Waals surface area contributed by atoms with Gasteiger partial charge in [-0.2, -0.15) is 0 Å². The Kier molecular flexibility index (Phi) is 7.71. The van der Waals surface area contributed by atoms with E-state index in [2.05, 4.69) is 34.2 Å². The first kappa shape index (κ1) is 20.6. The van der Waals surface area contributed by atoms with E-state index in [0.29, 0.717) is 24.7 Å². The molecule has 0 spiro atoms. The van der Waals surface area contributed by atoms with E-state index in [-0.39, 0.29) is 5.91 Å². The van der Waals surface area contributed by atoms with Gasteiger partial charge in [0, 0.05) is 39.3 Å². The van der Waals surface area contributed by atoms with Gasteiger partial charge in [-0.05, 0) is 30.2 Å². The molecule has 150 valence electrons. The number of ether oxygens (including phenoxy) is 1. The van der Waals surface area contributed by atoms with Crippen molar-refractivity contribution < 1.29 is 9.53 Å². The van der Waals surface area contributed by atoms with Crippen LogP contribution in [0.4, 0.5) is 0 Å². The van der Waals surface area contributed by atoms with E-state index < -0.39 is 0 Å². The van der Waals surface area contributed by atoms with E-state index in [0.717, 1.165) is 38.5 Å². The van der Waals surface area contributed by atoms with Crippen LogP contribution in [0.25, 0.3) is 0 Å². The first-order chi connectivity index (χ1) is 13.6. The van der Waals surface area contributed by atoms with Gasteiger partial charge in [0.15, 0.2) is 0 Å². The van der Waals surface area contributed by atoms with Gasteiger partial charge in [0.2, 0.25) is 5.91 Å². The van der Waals surface area contributed by atoms with E-state index in [1.54, 1.807) is 0 Å². The second-order valence-electron chi connectivity index (χ2n) is 7.10. The maximum absolute atomic E-state index is 12.2. The van der Waals surface area contributed by atoms with Gasteiger partial charge in [0.25, 0.3) is 0 Å². The molecule has 0 aromatic heterocycles. The number of amides is 1. The summed E-state index contributed by atoms with van der Waals surface area (Å²) in [5.41, 5.74) is 2.37. The Morgan fingerprint density at radius 1 is 1.04 bits per heavy atom. The minimum Gasteiger partial charge on any atom is -0.491 e. The second-order valence-corrected chi connectivity index (χ2v) is 7.51. The number of hydrogen-bond donors (Lipinski definition) is 1. The molecular formula is C22H28ClN3O2. The molecule has 0 radical (unpaired) electrons. The average Bonchev–Trinajstić information content (AvgIpc) is 2.70. The Hall–Kier alpha value is -2.08. The second kappa shape index (κ2) is 10.5.